The van der Waals surface area contributed by atoms with Crippen LogP contribution in [0.1, 0.15) is 10.4 Å². The molecule has 0 aliphatic rings. The molecule has 16 heavy (non-hydrogen) atoms. The Morgan fingerprint density at radius 2 is 2.25 bits per heavy atom. The second kappa shape index (κ2) is 4.72. The molecule has 0 saturated heterocycles. The molecule has 3 nitrogen and oxygen atoms in total. The zero-order chi connectivity index (χ0) is 11.4. The van der Waals surface area contributed by atoms with Crippen LogP contribution in [-0.4, -0.2) is 16.1 Å². The summed E-state index contributed by atoms with van der Waals surface area (Å²) in [6.45, 7) is 0. The first-order valence-corrected chi connectivity index (χ1v) is 5.54. The lowest BCUT2D eigenvalue weighted by atomic mass is 10.1. The molecule has 0 aliphatic carbocycles. The maximum absolute atomic E-state index is 11.1. The molecule has 0 radical (unpaired) electrons. The van der Waals surface area contributed by atoms with Crippen molar-refractivity contribution in [3.8, 4) is 0 Å². The van der Waals surface area contributed by atoms with E-state index in [0.717, 1.165) is 10.4 Å². The van der Waals surface area contributed by atoms with Gasteiger partial charge in [-0.2, -0.15) is 0 Å². The van der Waals surface area contributed by atoms with Gasteiger partial charge < -0.3 is 5.11 Å². The van der Waals surface area contributed by atoms with Crippen molar-refractivity contribution in [1.29, 1.82) is 0 Å². The van der Waals surface area contributed by atoms with E-state index in [4.69, 9.17) is 5.11 Å². The fourth-order valence-electron chi connectivity index (χ4n) is 1.30. The van der Waals surface area contributed by atoms with E-state index < -0.39 is 5.97 Å². The Kier molecular flexibility index (Phi) is 3.12. The maximum atomic E-state index is 11.1. The van der Waals surface area contributed by atoms with Crippen molar-refractivity contribution in [2.75, 3.05) is 0 Å². The van der Waals surface area contributed by atoms with Crippen LogP contribution < -0.4 is 0 Å². The largest absolute Gasteiger partial charge is 0.478 e. The molecule has 0 fully saturated rings. The van der Waals surface area contributed by atoms with E-state index >= 15 is 0 Å². The van der Waals surface area contributed by atoms with Gasteiger partial charge in [0.1, 0.15) is 0 Å². The molecule has 1 N–H and O–H groups in total. The standard InChI is InChI=1S/C12H9NO2S/c14-12(15)10(11-4-2-6-16-11)7-9-3-1-5-13-8-9/h1-8H,(H,14,15)/b10-7-. The lowest BCUT2D eigenvalue weighted by Crippen LogP contribution is -1.97. The highest BCUT2D eigenvalue weighted by molar-refractivity contribution is 7.11. The van der Waals surface area contributed by atoms with E-state index in [1.54, 1.807) is 30.6 Å². The van der Waals surface area contributed by atoms with E-state index in [1.165, 1.54) is 11.3 Å². The smallest absolute Gasteiger partial charge is 0.337 e. The monoisotopic (exact) mass is 231 g/mol. The number of aliphatic carboxylic acids is 1. The van der Waals surface area contributed by atoms with Crippen LogP contribution >= 0.6 is 11.3 Å². The lowest BCUT2D eigenvalue weighted by Gasteiger charge is -1.98. The number of hydrogen-bond acceptors (Lipinski definition) is 3. The van der Waals surface area contributed by atoms with Crippen LogP contribution in [0.4, 0.5) is 0 Å². The van der Waals surface area contributed by atoms with Crippen molar-refractivity contribution >= 4 is 29.0 Å². The van der Waals surface area contributed by atoms with Crippen molar-refractivity contribution in [3.05, 3.63) is 52.5 Å². The van der Waals surface area contributed by atoms with Crippen molar-refractivity contribution in [3.63, 3.8) is 0 Å². The van der Waals surface area contributed by atoms with Crippen LogP contribution in [0.3, 0.4) is 0 Å². The average molecular weight is 231 g/mol. The molecule has 2 aromatic rings. The molecule has 0 saturated carbocycles. The SMILES string of the molecule is O=C(O)/C(=C\c1cccnc1)c1cccs1. The lowest BCUT2D eigenvalue weighted by molar-refractivity contribution is -0.130. The van der Waals surface area contributed by atoms with Crippen molar-refractivity contribution in [1.82, 2.24) is 4.98 Å². The molecule has 0 aromatic carbocycles. The predicted molar refractivity (Wildman–Crippen MR) is 64.1 cm³/mol. The predicted octanol–water partition coefficient (Wildman–Crippen LogP) is 2.77. The van der Waals surface area contributed by atoms with Crippen LogP contribution in [0.15, 0.2) is 42.0 Å². The van der Waals surface area contributed by atoms with Gasteiger partial charge >= 0.3 is 5.97 Å². The summed E-state index contributed by atoms with van der Waals surface area (Å²) in [5, 5.41) is 11.0. The fraction of sp³-hybridized carbons (Fsp3) is 0. The molecular formula is C12H9NO2S. The van der Waals surface area contributed by atoms with Gasteiger partial charge in [-0.3, -0.25) is 4.98 Å². The molecule has 2 aromatic heterocycles. The first kappa shape index (κ1) is 10.6. The summed E-state index contributed by atoms with van der Waals surface area (Å²) >= 11 is 1.41. The minimum atomic E-state index is -0.925. The van der Waals surface area contributed by atoms with Gasteiger partial charge in [0.05, 0.1) is 5.57 Å². The van der Waals surface area contributed by atoms with Gasteiger partial charge in [-0.1, -0.05) is 12.1 Å². The normalized spacial score (nSPS) is 11.4. The third-order valence-corrected chi connectivity index (χ3v) is 2.92. The number of pyridine rings is 1. The number of nitrogens with zero attached hydrogens (tertiary/aromatic N) is 1. The highest BCUT2D eigenvalue weighted by Gasteiger charge is 2.10. The molecule has 0 spiro atoms. The zero-order valence-electron chi connectivity index (χ0n) is 8.33. The summed E-state index contributed by atoms with van der Waals surface area (Å²) in [5.41, 5.74) is 1.08. The van der Waals surface area contributed by atoms with E-state index in [-0.39, 0.29) is 0 Å². The topological polar surface area (TPSA) is 50.2 Å². The number of hydrogen-bond donors (Lipinski definition) is 1. The van der Waals surface area contributed by atoms with E-state index in [2.05, 4.69) is 4.98 Å². The van der Waals surface area contributed by atoms with Gasteiger partial charge in [0, 0.05) is 17.3 Å². The van der Waals surface area contributed by atoms with Gasteiger partial charge in [0.2, 0.25) is 0 Å². The van der Waals surface area contributed by atoms with E-state index in [1.807, 2.05) is 17.5 Å². The molecular weight excluding hydrogens is 222 g/mol. The second-order valence-electron chi connectivity index (χ2n) is 3.13. The summed E-state index contributed by atoms with van der Waals surface area (Å²) in [6, 6.07) is 7.23. The Labute approximate surface area is 96.7 Å². The van der Waals surface area contributed by atoms with Crippen molar-refractivity contribution in [2.45, 2.75) is 0 Å². The molecule has 0 bridgehead atoms. The van der Waals surface area contributed by atoms with Gasteiger partial charge in [0.25, 0.3) is 0 Å². The Bertz CT molecular complexity index is 503. The van der Waals surface area contributed by atoms with Crippen LogP contribution in [0, 0.1) is 0 Å². The summed E-state index contributed by atoms with van der Waals surface area (Å²) in [5.74, 6) is -0.925. The minimum absolute atomic E-state index is 0.294. The highest BCUT2D eigenvalue weighted by atomic mass is 32.1. The Hall–Kier alpha value is -1.94. The number of thiophene rings is 1. The summed E-state index contributed by atoms with van der Waals surface area (Å²) in [6.07, 6.45) is 4.92. The van der Waals surface area contributed by atoms with Crippen LogP contribution in [0.25, 0.3) is 11.6 Å². The molecule has 0 aliphatic heterocycles. The maximum Gasteiger partial charge on any atom is 0.337 e. The highest BCUT2D eigenvalue weighted by Crippen LogP contribution is 2.22. The number of carboxylic acids is 1. The molecule has 2 rings (SSSR count). The number of aromatic nitrogens is 1. The van der Waals surface area contributed by atoms with Crippen LogP contribution in [0.2, 0.25) is 0 Å². The first-order valence-electron chi connectivity index (χ1n) is 4.66. The summed E-state index contributed by atoms with van der Waals surface area (Å²) in [7, 11) is 0. The zero-order valence-corrected chi connectivity index (χ0v) is 9.15. The Morgan fingerprint density at radius 1 is 1.38 bits per heavy atom. The van der Waals surface area contributed by atoms with Gasteiger partial charge in [0.15, 0.2) is 0 Å². The molecule has 2 heterocycles. The van der Waals surface area contributed by atoms with Gasteiger partial charge in [-0.15, -0.1) is 11.3 Å². The molecule has 0 atom stereocenters. The molecule has 0 unspecified atom stereocenters. The fourth-order valence-corrected chi connectivity index (χ4v) is 2.03. The molecule has 4 heteroatoms. The van der Waals surface area contributed by atoms with Crippen LogP contribution in [0.5, 0.6) is 0 Å². The van der Waals surface area contributed by atoms with Gasteiger partial charge in [-0.05, 0) is 29.2 Å². The minimum Gasteiger partial charge on any atom is -0.478 e. The molecule has 0 amide bonds. The summed E-state index contributed by atoms with van der Waals surface area (Å²) < 4.78 is 0. The Balaban J connectivity index is 2.42. The van der Waals surface area contributed by atoms with Crippen molar-refractivity contribution in [2.24, 2.45) is 0 Å². The van der Waals surface area contributed by atoms with E-state index in [0.29, 0.717) is 5.57 Å². The summed E-state index contributed by atoms with van der Waals surface area (Å²) in [4.78, 5) is 15.8. The number of carboxylic acid groups (broad SMARTS) is 1. The van der Waals surface area contributed by atoms with Crippen LogP contribution in [-0.2, 0) is 4.79 Å². The average Bonchev–Trinajstić information content (AvgIpc) is 2.80. The molecule has 80 valence electrons. The number of carbonyl (C=O) groups is 1. The quantitative estimate of drug-likeness (QED) is 0.826. The third kappa shape index (κ3) is 2.35. The number of rotatable bonds is 3. The second-order valence-corrected chi connectivity index (χ2v) is 4.07. The van der Waals surface area contributed by atoms with Gasteiger partial charge in [-0.25, -0.2) is 4.79 Å². The first-order chi connectivity index (χ1) is 7.77. The Morgan fingerprint density at radius 3 is 2.81 bits per heavy atom. The van der Waals surface area contributed by atoms with E-state index in [9.17, 15) is 4.79 Å². The van der Waals surface area contributed by atoms with Crippen molar-refractivity contribution < 1.29 is 9.90 Å². The third-order valence-electron chi connectivity index (χ3n) is 2.01.